The molecule has 0 aliphatic rings. The van der Waals surface area contributed by atoms with Gasteiger partial charge in [-0.3, -0.25) is 4.79 Å². The number of hydrogen-bond acceptors (Lipinski definition) is 3. The standard InChI is InChI=1S/C20H21F2NO3/c1-14(13-25-2)23-19(24)18(16-6-4-3-5-7-16)12-15-8-10-17(11-9-15)26-20(21)22/h3-12,14,20H,13H2,1-2H3,(H,23,24)/b18-12+. The Balaban J connectivity index is 2.28. The summed E-state index contributed by atoms with van der Waals surface area (Å²) < 4.78 is 33.9. The lowest BCUT2D eigenvalue weighted by molar-refractivity contribution is -0.116. The minimum atomic E-state index is -2.87. The molecule has 0 saturated heterocycles. The van der Waals surface area contributed by atoms with E-state index in [-0.39, 0.29) is 17.7 Å². The van der Waals surface area contributed by atoms with Gasteiger partial charge in [0.2, 0.25) is 0 Å². The molecular formula is C20H21F2NO3. The lowest BCUT2D eigenvalue weighted by Gasteiger charge is -2.15. The van der Waals surface area contributed by atoms with Gasteiger partial charge in [0, 0.05) is 18.7 Å². The lowest BCUT2D eigenvalue weighted by atomic mass is 10.0. The van der Waals surface area contributed by atoms with Gasteiger partial charge in [-0.2, -0.15) is 8.78 Å². The fourth-order valence-corrected chi connectivity index (χ4v) is 2.40. The van der Waals surface area contributed by atoms with Crippen LogP contribution in [0, 0.1) is 0 Å². The summed E-state index contributed by atoms with van der Waals surface area (Å²) in [7, 11) is 1.57. The highest BCUT2D eigenvalue weighted by atomic mass is 19.3. The predicted octanol–water partition coefficient (Wildman–Crippen LogP) is 3.98. The molecule has 4 nitrogen and oxygen atoms in total. The van der Waals surface area contributed by atoms with Crippen LogP contribution >= 0.6 is 0 Å². The quantitative estimate of drug-likeness (QED) is 0.571. The SMILES string of the molecule is COCC(C)NC(=O)/C(=C/c1ccc(OC(F)F)cc1)c1ccccc1. The lowest BCUT2D eigenvalue weighted by Crippen LogP contribution is -2.36. The van der Waals surface area contributed by atoms with Crippen molar-refractivity contribution in [2.24, 2.45) is 0 Å². The molecule has 0 heterocycles. The van der Waals surface area contributed by atoms with Gasteiger partial charge in [-0.1, -0.05) is 42.5 Å². The Labute approximate surface area is 151 Å². The maximum Gasteiger partial charge on any atom is 0.387 e. The van der Waals surface area contributed by atoms with Crippen LogP contribution in [-0.4, -0.2) is 32.3 Å². The summed E-state index contributed by atoms with van der Waals surface area (Å²) in [5.41, 5.74) is 1.92. The van der Waals surface area contributed by atoms with Gasteiger partial charge in [-0.05, 0) is 36.3 Å². The van der Waals surface area contributed by atoms with E-state index in [1.165, 1.54) is 12.1 Å². The van der Waals surface area contributed by atoms with Crippen LogP contribution in [0.25, 0.3) is 11.6 Å². The molecule has 0 bridgehead atoms. The first-order chi connectivity index (χ1) is 12.5. The second-order valence-electron chi connectivity index (χ2n) is 5.70. The molecule has 0 aliphatic carbocycles. The molecule has 2 rings (SSSR count). The molecule has 26 heavy (non-hydrogen) atoms. The van der Waals surface area contributed by atoms with E-state index in [1.807, 2.05) is 37.3 Å². The second-order valence-corrected chi connectivity index (χ2v) is 5.70. The summed E-state index contributed by atoms with van der Waals surface area (Å²) in [6, 6.07) is 15.2. The van der Waals surface area contributed by atoms with Gasteiger partial charge in [-0.15, -0.1) is 0 Å². The van der Waals surface area contributed by atoms with Crippen LogP contribution in [0.5, 0.6) is 5.75 Å². The number of methoxy groups -OCH3 is 1. The summed E-state index contributed by atoms with van der Waals surface area (Å²) in [6.45, 7) is -0.627. The number of rotatable bonds is 8. The van der Waals surface area contributed by atoms with Crippen molar-refractivity contribution >= 4 is 17.6 Å². The number of ether oxygens (including phenoxy) is 2. The van der Waals surface area contributed by atoms with E-state index in [2.05, 4.69) is 10.1 Å². The number of amides is 1. The first-order valence-corrected chi connectivity index (χ1v) is 8.11. The van der Waals surface area contributed by atoms with Gasteiger partial charge in [0.05, 0.1) is 6.61 Å². The Morgan fingerprint density at radius 2 is 1.77 bits per heavy atom. The molecule has 0 spiro atoms. The Morgan fingerprint density at radius 1 is 1.12 bits per heavy atom. The highest BCUT2D eigenvalue weighted by Crippen LogP contribution is 2.21. The summed E-state index contributed by atoms with van der Waals surface area (Å²) in [5.74, 6) is -0.176. The predicted molar refractivity (Wildman–Crippen MR) is 96.9 cm³/mol. The minimum absolute atomic E-state index is 0.0663. The number of hydrogen-bond donors (Lipinski definition) is 1. The zero-order valence-corrected chi connectivity index (χ0v) is 14.6. The summed E-state index contributed by atoms with van der Waals surface area (Å²) in [6.07, 6.45) is 1.70. The normalized spacial score (nSPS) is 12.7. The summed E-state index contributed by atoms with van der Waals surface area (Å²) >= 11 is 0. The highest BCUT2D eigenvalue weighted by Gasteiger charge is 2.14. The van der Waals surface area contributed by atoms with E-state index >= 15 is 0 Å². The molecule has 6 heteroatoms. The van der Waals surface area contributed by atoms with Gasteiger partial charge in [0.25, 0.3) is 5.91 Å². The molecular weight excluding hydrogens is 340 g/mol. The van der Waals surface area contributed by atoms with Gasteiger partial charge >= 0.3 is 6.61 Å². The Hall–Kier alpha value is -2.73. The zero-order chi connectivity index (χ0) is 18.9. The van der Waals surface area contributed by atoms with Crippen molar-refractivity contribution in [3.8, 4) is 5.75 Å². The van der Waals surface area contributed by atoms with Crippen LogP contribution in [0.3, 0.4) is 0 Å². The molecule has 0 fully saturated rings. The molecule has 0 radical (unpaired) electrons. The highest BCUT2D eigenvalue weighted by molar-refractivity contribution is 6.24. The number of nitrogens with one attached hydrogen (secondary N) is 1. The molecule has 1 amide bonds. The molecule has 1 atom stereocenters. The van der Waals surface area contributed by atoms with Crippen molar-refractivity contribution in [1.29, 1.82) is 0 Å². The smallest absolute Gasteiger partial charge is 0.387 e. The number of alkyl halides is 2. The van der Waals surface area contributed by atoms with Gasteiger partial charge in [0.15, 0.2) is 0 Å². The fourth-order valence-electron chi connectivity index (χ4n) is 2.40. The Morgan fingerprint density at radius 3 is 2.35 bits per heavy atom. The van der Waals surface area contributed by atoms with E-state index < -0.39 is 6.61 Å². The molecule has 2 aromatic carbocycles. The molecule has 0 aromatic heterocycles. The molecule has 2 aromatic rings. The maximum atomic E-state index is 12.7. The van der Waals surface area contributed by atoms with Crippen LogP contribution in [0.15, 0.2) is 54.6 Å². The number of benzene rings is 2. The van der Waals surface area contributed by atoms with Crippen molar-refractivity contribution in [2.75, 3.05) is 13.7 Å². The van der Waals surface area contributed by atoms with Crippen LogP contribution < -0.4 is 10.1 Å². The van der Waals surface area contributed by atoms with E-state index in [0.717, 1.165) is 5.56 Å². The monoisotopic (exact) mass is 361 g/mol. The molecule has 1 unspecified atom stereocenters. The first kappa shape index (κ1) is 19.6. The average Bonchev–Trinajstić information content (AvgIpc) is 2.61. The average molecular weight is 361 g/mol. The fraction of sp³-hybridized carbons (Fsp3) is 0.250. The molecule has 0 saturated carbocycles. The second kappa shape index (κ2) is 9.68. The largest absolute Gasteiger partial charge is 0.435 e. The van der Waals surface area contributed by atoms with Crippen LogP contribution in [0.2, 0.25) is 0 Å². The van der Waals surface area contributed by atoms with E-state index in [4.69, 9.17) is 4.74 Å². The van der Waals surface area contributed by atoms with Gasteiger partial charge < -0.3 is 14.8 Å². The minimum Gasteiger partial charge on any atom is -0.435 e. The number of halogens is 2. The molecule has 138 valence electrons. The van der Waals surface area contributed by atoms with E-state index in [1.54, 1.807) is 25.3 Å². The maximum absolute atomic E-state index is 12.7. The Kier molecular flexibility index (Phi) is 7.29. The number of carbonyl (C=O) groups is 1. The molecule has 0 aliphatic heterocycles. The topological polar surface area (TPSA) is 47.6 Å². The van der Waals surface area contributed by atoms with Crippen LogP contribution in [0.4, 0.5) is 8.78 Å². The third-order valence-electron chi connectivity index (χ3n) is 3.54. The van der Waals surface area contributed by atoms with E-state index in [0.29, 0.717) is 17.7 Å². The summed E-state index contributed by atoms with van der Waals surface area (Å²) in [4.78, 5) is 12.7. The van der Waals surface area contributed by atoms with Crippen molar-refractivity contribution < 1.29 is 23.0 Å². The van der Waals surface area contributed by atoms with Gasteiger partial charge in [0.1, 0.15) is 5.75 Å². The van der Waals surface area contributed by atoms with Crippen molar-refractivity contribution in [3.63, 3.8) is 0 Å². The third kappa shape index (κ3) is 5.97. The first-order valence-electron chi connectivity index (χ1n) is 8.11. The number of carbonyl (C=O) groups excluding carboxylic acids is 1. The van der Waals surface area contributed by atoms with Crippen molar-refractivity contribution in [2.45, 2.75) is 19.6 Å². The van der Waals surface area contributed by atoms with E-state index in [9.17, 15) is 13.6 Å². The van der Waals surface area contributed by atoms with Crippen molar-refractivity contribution in [3.05, 3.63) is 65.7 Å². The van der Waals surface area contributed by atoms with Gasteiger partial charge in [-0.25, -0.2) is 0 Å². The summed E-state index contributed by atoms with van der Waals surface area (Å²) in [5, 5.41) is 2.88. The van der Waals surface area contributed by atoms with Crippen molar-refractivity contribution in [1.82, 2.24) is 5.32 Å². The van der Waals surface area contributed by atoms with Crippen LogP contribution in [-0.2, 0) is 9.53 Å². The zero-order valence-electron chi connectivity index (χ0n) is 14.6. The Bertz CT molecular complexity index is 730. The van der Waals surface area contributed by atoms with Crippen LogP contribution in [0.1, 0.15) is 18.1 Å². The molecule has 1 N–H and O–H groups in total. The third-order valence-corrected chi connectivity index (χ3v) is 3.54.